The third kappa shape index (κ3) is 71.2. The zero-order valence-electron chi connectivity index (χ0n) is 2.53. The first kappa shape index (κ1) is 16.0. The maximum atomic E-state index is 9.11. The van der Waals surface area contributed by atoms with E-state index in [9.17, 15) is 0 Å². The molecule has 0 aromatic rings. The molecule has 0 saturated carbocycles. The summed E-state index contributed by atoms with van der Waals surface area (Å²) in [6, 6.07) is 0. The molecule has 0 saturated heterocycles. The van der Waals surface area contributed by atoms with E-state index >= 15 is 0 Å². The van der Waals surface area contributed by atoms with Crippen molar-refractivity contribution in [2.75, 3.05) is 0 Å². The quantitative estimate of drug-likeness (QED) is 0.465. The zero-order chi connectivity index (χ0) is 4.50. The van der Waals surface area contributed by atoms with Gasteiger partial charge in [-0.15, -0.1) is 24.0 Å². The van der Waals surface area contributed by atoms with E-state index in [4.69, 9.17) is 13.3 Å². The van der Waals surface area contributed by atoms with E-state index < -0.39 is 9.05 Å². The molecule has 0 aromatic carbocycles. The van der Waals surface area contributed by atoms with Crippen molar-refractivity contribution >= 4 is 73.8 Å². The van der Waals surface area contributed by atoms with E-state index in [2.05, 4.69) is 11.2 Å². The van der Waals surface area contributed by atoms with Gasteiger partial charge in [-0.25, -0.2) is 0 Å². The van der Waals surface area contributed by atoms with Gasteiger partial charge in [0, 0.05) is 11.2 Å². The van der Waals surface area contributed by atoms with Gasteiger partial charge in [0.05, 0.1) is 0 Å². The first-order valence-corrected chi connectivity index (χ1v) is 3.10. The third-order valence-corrected chi connectivity index (χ3v) is 0. The van der Waals surface area contributed by atoms with E-state index in [1.54, 1.807) is 0 Å². The van der Waals surface area contributed by atoms with Crippen LogP contribution in [0.25, 0.3) is 0 Å². The molecule has 0 unspecified atom stereocenters. The Morgan fingerprint density at radius 1 is 1.43 bits per heavy atom. The van der Waals surface area contributed by atoms with Gasteiger partial charge in [-0.2, -0.15) is 4.21 Å². The number of hydrogen-bond donors (Lipinski definition) is 2. The van der Waals surface area contributed by atoms with Gasteiger partial charge in [0.1, 0.15) is 0 Å². The van der Waals surface area contributed by atoms with Crippen LogP contribution in [-0.2, 0) is 20.2 Å². The normalized spacial score (nSPS) is 8.29. The molecule has 0 rings (SSSR count). The molecule has 0 bridgehead atoms. The van der Waals surface area contributed by atoms with Gasteiger partial charge in [-0.05, 0) is 0 Å². The van der Waals surface area contributed by atoms with Crippen molar-refractivity contribution in [2.24, 2.45) is 0 Å². The molecule has 0 spiro atoms. The van der Waals surface area contributed by atoms with Gasteiger partial charge in [0.15, 0.2) is 0 Å². The molecule has 0 fully saturated rings. The van der Waals surface area contributed by atoms with Crippen LogP contribution >= 0.6 is 24.0 Å². The number of halogens is 1. The summed E-state index contributed by atoms with van der Waals surface area (Å²) in [7, 11) is -3.83. The summed E-state index contributed by atoms with van der Waals surface area (Å²) >= 11 is 3.47. The molecule has 0 aliphatic heterocycles. The monoisotopic (exact) mass is 266 g/mol. The van der Waals surface area contributed by atoms with Crippen LogP contribution in [0.4, 0.5) is 0 Å². The zero-order valence-corrected chi connectivity index (χ0v) is 6.49. The van der Waals surface area contributed by atoms with E-state index in [0.717, 1.165) is 0 Å². The van der Waals surface area contributed by atoms with E-state index in [1.807, 2.05) is 0 Å². The summed E-state index contributed by atoms with van der Waals surface area (Å²) < 4.78 is 24.0. The van der Waals surface area contributed by atoms with Crippen molar-refractivity contribution in [1.82, 2.24) is 0 Å². The third-order valence-electron chi connectivity index (χ3n) is 0. The molecular weight excluding hydrogens is 262 g/mol. The van der Waals surface area contributed by atoms with Crippen molar-refractivity contribution in [3.05, 3.63) is 0 Å². The minimum absolute atomic E-state index is 0. The van der Waals surface area contributed by atoms with Gasteiger partial charge in [-0.3, -0.25) is 9.11 Å². The molecule has 2 N–H and O–H groups in total. The van der Waals surface area contributed by atoms with Crippen molar-refractivity contribution < 1.29 is 13.3 Å². The molecule has 7 heavy (non-hydrogen) atoms. The Morgan fingerprint density at radius 3 is 1.43 bits per heavy atom. The minimum atomic E-state index is -3.83. The van der Waals surface area contributed by atoms with Crippen molar-refractivity contribution in [3.63, 3.8) is 0 Å². The summed E-state index contributed by atoms with van der Waals surface area (Å²) in [6.45, 7) is 0. The topological polar surface area (TPSA) is 57.5 Å². The molecule has 0 atom stereocenters. The fourth-order valence-corrected chi connectivity index (χ4v) is 0. The maximum absolute atomic E-state index is 9.11. The Hall–Kier alpha value is 2.02. The number of hydrogen-bond acceptors (Lipinski definition) is 2. The second-order valence-electron chi connectivity index (χ2n) is 0.448. The first-order chi connectivity index (χ1) is 2.00. The Labute approximate surface area is 85.9 Å². The molecule has 0 aromatic heterocycles. The number of rotatable bonds is 0. The Kier molecular flexibility index (Phi) is 14.1. The van der Waals surface area contributed by atoms with Crippen LogP contribution in [0, 0.1) is 0 Å². The standard InChI is InChI=1S/HI.Na.H2O3S2.H/c;;1-5(2,3)4;/h1H;;(H2,1,2,3,4);. The second-order valence-corrected chi connectivity index (χ2v) is 2.65. The fraction of sp³-hybridized carbons (Fsp3) is 0. The predicted octanol–water partition coefficient (Wildman–Crippen LogP) is -0.352. The van der Waals surface area contributed by atoms with Crippen molar-refractivity contribution in [1.29, 1.82) is 0 Å². The van der Waals surface area contributed by atoms with Gasteiger partial charge >= 0.3 is 29.6 Å². The van der Waals surface area contributed by atoms with Gasteiger partial charge < -0.3 is 0 Å². The molecule has 3 nitrogen and oxygen atoms in total. The van der Waals surface area contributed by atoms with Crippen LogP contribution < -0.4 is 0 Å². The van der Waals surface area contributed by atoms with Crippen molar-refractivity contribution in [3.8, 4) is 0 Å². The molecule has 7 heteroatoms. The summed E-state index contributed by atoms with van der Waals surface area (Å²) in [6.07, 6.45) is 0. The SMILES string of the molecule is I.O=S(O)(O)=S.[NaH]. The molecule has 0 heterocycles. The summed E-state index contributed by atoms with van der Waals surface area (Å²) in [4.78, 5) is 0. The average molecular weight is 266 g/mol. The van der Waals surface area contributed by atoms with E-state index in [1.165, 1.54) is 0 Å². The summed E-state index contributed by atoms with van der Waals surface area (Å²) in [5.41, 5.74) is 0. The Balaban J connectivity index is -0.0000000800. The van der Waals surface area contributed by atoms with Crippen LogP contribution in [0.1, 0.15) is 0 Å². The van der Waals surface area contributed by atoms with Crippen LogP contribution in [0.5, 0.6) is 0 Å². The average Bonchev–Trinajstić information content (AvgIpc) is 0.722. The Bertz CT molecular complexity index is 96.1. The van der Waals surface area contributed by atoms with Gasteiger partial charge in [-0.1, -0.05) is 0 Å². The molecule has 0 amide bonds. The van der Waals surface area contributed by atoms with Crippen LogP contribution in [-0.4, -0.2) is 42.9 Å². The second kappa shape index (κ2) is 6.14. The summed E-state index contributed by atoms with van der Waals surface area (Å²) in [5, 5.41) is 0. The molecule has 0 aliphatic carbocycles. The van der Waals surface area contributed by atoms with Gasteiger partial charge in [0.25, 0.3) is 9.05 Å². The van der Waals surface area contributed by atoms with Crippen molar-refractivity contribution in [2.45, 2.75) is 0 Å². The van der Waals surface area contributed by atoms with Crippen LogP contribution in [0.2, 0.25) is 0 Å². The van der Waals surface area contributed by atoms with Crippen LogP contribution in [0.3, 0.4) is 0 Å². The summed E-state index contributed by atoms with van der Waals surface area (Å²) in [5.74, 6) is 0. The van der Waals surface area contributed by atoms with E-state index in [-0.39, 0.29) is 53.5 Å². The predicted molar refractivity (Wildman–Crippen MR) is 43.3 cm³/mol. The van der Waals surface area contributed by atoms with Gasteiger partial charge in [0.2, 0.25) is 0 Å². The fourth-order valence-electron chi connectivity index (χ4n) is 0. The Morgan fingerprint density at radius 2 is 1.43 bits per heavy atom. The van der Waals surface area contributed by atoms with E-state index in [0.29, 0.717) is 0 Å². The molecule has 42 valence electrons. The molecule has 0 aliphatic rings. The molecular formula is H4INaO3S2. The van der Waals surface area contributed by atoms with Crippen LogP contribution in [0.15, 0.2) is 0 Å². The first-order valence-electron chi connectivity index (χ1n) is 0.698. The molecule has 0 radical (unpaired) electrons.